The van der Waals surface area contributed by atoms with Crippen molar-refractivity contribution in [2.45, 2.75) is 89.4 Å². The Bertz CT molecular complexity index is 1340. The maximum Gasteiger partial charge on any atom is 0.306 e. The van der Waals surface area contributed by atoms with Gasteiger partial charge in [-0.3, -0.25) is 19.2 Å². The number of amides is 1. The second-order valence-corrected chi connectivity index (χ2v) is 13.3. The standard InChI is InChI=1S/C33H41NO9/c1-31-14-12-21(35)16-20(31)8-9-22-23-13-15-33(42,32(23,2)17-24(36)28(22)31)25(37)18-43-27(39)11-10-26(38)34-29(30(40)41)19-6-4-3-5-7-19/h3-7,16,22-24,28-29,36,42H,8-15,17-18H2,1-2H3,(H,34,38)(H,40,41)/p-1/t22-,23-,24+,28-,29+,31-,32+,33-/m1/s1. The summed E-state index contributed by atoms with van der Waals surface area (Å²) in [5, 5.41) is 37.2. The Kier molecular flexibility index (Phi) is 8.39. The largest absolute Gasteiger partial charge is 0.548 e. The number of benzene rings is 1. The van der Waals surface area contributed by atoms with Crippen molar-refractivity contribution in [1.82, 2.24) is 5.32 Å². The lowest BCUT2D eigenvalue weighted by atomic mass is 9.45. The first-order chi connectivity index (χ1) is 20.3. The summed E-state index contributed by atoms with van der Waals surface area (Å²) >= 11 is 0. The fourth-order valence-electron chi connectivity index (χ4n) is 8.86. The van der Waals surface area contributed by atoms with E-state index in [1.165, 1.54) is 12.1 Å². The number of Topliss-reactive ketones (excluding diaryl/α,β-unsaturated/α-hetero) is 1. The highest BCUT2D eigenvalue weighted by Crippen LogP contribution is 2.67. The van der Waals surface area contributed by atoms with Crippen molar-refractivity contribution in [1.29, 1.82) is 0 Å². The van der Waals surface area contributed by atoms with Gasteiger partial charge in [-0.25, -0.2) is 0 Å². The topological polar surface area (TPSA) is 170 Å². The van der Waals surface area contributed by atoms with E-state index in [0.29, 0.717) is 24.8 Å². The molecule has 3 N–H and O–H groups in total. The van der Waals surface area contributed by atoms with E-state index in [4.69, 9.17) is 4.74 Å². The second-order valence-electron chi connectivity index (χ2n) is 13.3. The minimum atomic E-state index is -1.78. The average Bonchev–Trinajstić information content (AvgIpc) is 3.24. The normalized spacial score (nSPS) is 35.4. The Balaban J connectivity index is 1.18. The molecule has 10 nitrogen and oxygen atoms in total. The van der Waals surface area contributed by atoms with Gasteiger partial charge in [-0.05, 0) is 73.3 Å². The third-order valence-corrected chi connectivity index (χ3v) is 11.1. The van der Waals surface area contributed by atoms with Crippen LogP contribution in [0, 0.1) is 28.6 Å². The number of carboxylic acid groups (broad SMARTS) is 1. The lowest BCUT2D eigenvalue weighted by Crippen LogP contribution is -2.62. The third-order valence-electron chi connectivity index (χ3n) is 11.1. The number of hydrogen-bond donors (Lipinski definition) is 3. The smallest absolute Gasteiger partial charge is 0.306 e. The Labute approximate surface area is 250 Å². The molecule has 0 aromatic heterocycles. The number of aliphatic hydroxyl groups excluding tert-OH is 1. The molecule has 4 aliphatic rings. The first-order valence-corrected chi connectivity index (χ1v) is 15.2. The van der Waals surface area contributed by atoms with E-state index < -0.39 is 53.4 Å². The fourth-order valence-corrected chi connectivity index (χ4v) is 8.86. The molecule has 43 heavy (non-hydrogen) atoms. The summed E-state index contributed by atoms with van der Waals surface area (Å²) in [6.45, 7) is 3.33. The van der Waals surface area contributed by atoms with Gasteiger partial charge in [0, 0.05) is 18.3 Å². The van der Waals surface area contributed by atoms with Crippen molar-refractivity contribution in [2.24, 2.45) is 28.6 Å². The molecule has 5 rings (SSSR count). The number of aliphatic hydroxyl groups is 2. The van der Waals surface area contributed by atoms with Crippen molar-refractivity contribution in [2.75, 3.05) is 6.61 Å². The van der Waals surface area contributed by atoms with Crippen LogP contribution in [-0.4, -0.2) is 57.9 Å². The van der Waals surface area contributed by atoms with Gasteiger partial charge in [0.25, 0.3) is 0 Å². The van der Waals surface area contributed by atoms with Crippen LogP contribution in [-0.2, 0) is 28.7 Å². The van der Waals surface area contributed by atoms with Gasteiger partial charge in [-0.15, -0.1) is 0 Å². The molecule has 3 fully saturated rings. The number of aliphatic carboxylic acids is 1. The van der Waals surface area contributed by atoms with Crippen molar-refractivity contribution < 1.29 is 44.0 Å². The zero-order chi connectivity index (χ0) is 31.2. The van der Waals surface area contributed by atoms with Gasteiger partial charge in [-0.2, -0.15) is 0 Å². The minimum Gasteiger partial charge on any atom is -0.548 e. The Morgan fingerprint density at radius 2 is 1.79 bits per heavy atom. The summed E-state index contributed by atoms with van der Waals surface area (Å²) in [4.78, 5) is 61.8. The number of rotatable bonds is 9. The number of hydrogen-bond acceptors (Lipinski definition) is 9. The molecule has 4 aliphatic carbocycles. The number of ether oxygens (including phenoxy) is 1. The van der Waals surface area contributed by atoms with Gasteiger partial charge >= 0.3 is 5.97 Å². The molecule has 1 aromatic rings. The molecule has 1 aromatic carbocycles. The number of carboxylic acids is 1. The minimum absolute atomic E-state index is 0.00784. The van der Waals surface area contributed by atoms with Crippen LogP contribution in [0.5, 0.6) is 0 Å². The molecule has 10 heteroatoms. The van der Waals surface area contributed by atoms with E-state index in [1.54, 1.807) is 24.3 Å². The van der Waals surface area contributed by atoms with E-state index in [0.717, 1.165) is 18.4 Å². The van der Waals surface area contributed by atoms with Crippen LogP contribution < -0.4 is 10.4 Å². The number of allylic oxidation sites excluding steroid dienone is 1. The van der Waals surface area contributed by atoms with Gasteiger partial charge in [-0.1, -0.05) is 49.8 Å². The van der Waals surface area contributed by atoms with Crippen LogP contribution in [0.15, 0.2) is 42.0 Å². The fraction of sp³-hybridized carbons (Fsp3) is 0.606. The Morgan fingerprint density at radius 1 is 1.07 bits per heavy atom. The number of nitrogens with one attached hydrogen (secondary N) is 1. The van der Waals surface area contributed by atoms with E-state index in [1.807, 2.05) is 6.92 Å². The van der Waals surface area contributed by atoms with Crippen molar-refractivity contribution in [3.63, 3.8) is 0 Å². The SMILES string of the molecule is C[C@]12C[C@H](O)[C@H]3[C@H](CCC4=CC(=O)CC[C@]43C)[C@H]1CC[C@@]2(O)C(=O)COC(=O)CCC(=O)N[C@H](C(=O)[O-])c1ccccc1. The second kappa shape index (κ2) is 11.6. The molecule has 0 radical (unpaired) electrons. The molecule has 0 unspecified atom stereocenters. The van der Waals surface area contributed by atoms with E-state index >= 15 is 0 Å². The molecule has 0 heterocycles. The molecule has 0 saturated heterocycles. The molecule has 0 aliphatic heterocycles. The van der Waals surface area contributed by atoms with Crippen LogP contribution in [0.2, 0.25) is 0 Å². The Morgan fingerprint density at radius 3 is 2.49 bits per heavy atom. The van der Waals surface area contributed by atoms with Crippen LogP contribution in [0.25, 0.3) is 0 Å². The summed E-state index contributed by atoms with van der Waals surface area (Å²) in [7, 11) is 0. The van der Waals surface area contributed by atoms with Crippen molar-refractivity contribution >= 4 is 29.4 Å². The predicted molar refractivity (Wildman–Crippen MR) is 151 cm³/mol. The van der Waals surface area contributed by atoms with E-state index in [2.05, 4.69) is 12.2 Å². The molecule has 0 spiro atoms. The summed E-state index contributed by atoms with van der Waals surface area (Å²) in [5.74, 6) is -3.49. The zero-order valence-electron chi connectivity index (χ0n) is 24.7. The molecular formula is C33H40NO9-. The maximum absolute atomic E-state index is 13.4. The molecule has 232 valence electrons. The lowest BCUT2D eigenvalue weighted by molar-refractivity contribution is -0.308. The van der Waals surface area contributed by atoms with Gasteiger partial charge in [0.1, 0.15) is 5.60 Å². The van der Waals surface area contributed by atoms with Crippen LogP contribution >= 0.6 is 0 Å². The van der Waals surface area contributed by atoms with Gasteiger partial charge in [0.2, 0.25) is 11.7 Å². The van der Waals surface area contributed by atoms with E-state index in [9.17, 15) is 39.3 Å². The molecule has 1 amide bonds. The van der Waals surface area contributed by atoms with Gasteiger partial charge in [0.15, 0.2) is 12.4 Å². The molecular weight excluding hydrogens is 554 g/mol. The van der Waals surface area contributed by atoms with Gasteiger partial charge in [0.05, 0.1) is 24.5 Å². The Hall–Kier alpha value is -3.37. The maximum atomic E-state index is 13.4. The zero-order valence-corrected chi connectivity index (χ0v) is 24.7. The number of esters is 1. The van der Waals surface area contributed by atoms with Crippen molar-refractivity contribution in [3.8, 4) is 0 Å². The number of carbonyl (C=O) groups is 5. The summed E-state index contributed by atoms with van der Waals surface area (Å²) in [6.07, 6.45) is 3.98. The highest BCUT2D eigenvalue weighted by molar-refractivity contribution is 5.92. The third kappa shape index (κ3) is 5.44. The molecule has 3 saturated carbocycles. The van der Waals surface area contributed by atoms with Crippen LogP contribution in [0.3, 0.4) is 0 Å². The van der Waals surface area contributed by atoms with Crippen LogP contribution in [0.1, 0.15) is 83.2 Å². The predicted octanol–water partition coefficient (Wildman–Crippen LogP) is 1.72. The monoisotopic (exact) mass is 594 g/mol. The highest BCUT2D eigenvalue weighted by Gasteiger charge is 2.68. The summed E-state index contributed by atoms with van der Waals surface area (Å²) in [5.41, 5.74) is -1.54. The first-order valence-electron chi connectivity index (χ1n) is 15.2. The quantitative estimate of drug-likeness (QED) is 0.360. The summed E-state index contributed by atoms with van der Waals surface area (Å²) in [6, 6.07) is 6.65. The first kappa shape index (κ1) is 31.1. The highest BCUT2D eigenvalue weighted by atomic mass is 16.5. The number of fused-ring (bicyclic) bond motifs is 5. The molecule has 8 atom stereocenters. The average molecular weight is 595 g/mol. The van der Waals surface area contributed by atoms with Crippen molar-refractivity contribution in [3.05, 3.63) is 47.5 Å². The number of carbonyl (C=O) groups excluding carboxylic acids is 5. The lowest BCUT2D eigenvalue weighted by Gasteiger charge is -2.60. The molecule has 0 bridgehead atoms. The summed E-state index contributed by atoms with van der Waals surface area (Å²) < 4.78 is 5.16. The van der Waals surface area contributed by atoms with E-state index in [-0.39, 0.29) is 54.6 Å². The van der Waals surface area contributed by atoms with Crippen LogP contribution in [0.4, 0.5) is 0 Å². The number of ketones is 2. The van der Waals surface area contributed by atoms with Gasteiger partial charge < -0.3 is 30.2 Å².